The van der Waals surface area contributed by atoms with Gasteiger partial charge in [-0.15, -0.1) is 6.42 Å². The van der Waals surface area contributed by atoms with Gasteiger partial charge in [0.15, 0.2) is 5.60 Å². The second kappa shape index (κ2) is 4.00. The van der Waals surface area contributed by atoms with Crippen LogP contribution < -0.4 is 0 Å². The van der Waals surface area contributed by atoms with Crippen LogP contribution in [0.2, 0.25) is 0 Å². The standard InChI is InChI=1S/C11H15NO2/c1-4-6-11(5-2,13-3)10(7-12)8-14-9-10/h2H,4,6,8-9H2,1,3H3/t11-/m1/s1. The van der Waals surface area contributed by atoms with Gasteiger partial charge < -0.3 is 9.47 Å². The second-order valence-electron chi connectivity index (χ2n) is 3.61. The summed E-state index contributed by atoms with van der Waals surface area (Å²) in [5, 5.41) is 9.16. The molecule has 3 nitrogen and oxygen atoms in total. The lowest BCUT2D eigenvalue weighted by Crippen LogP contribution is -2.59. The quantitative estimate of drug-likeness (QED) is 0.633. The van der Waals surface area contributed by atoms with E-state index in [1.54, 1.807) is 7.11 Å². The smallest absolute Gasteiger partial charge is 0.151 e. The molecule has 14 heavy (non-hydrogen) atoms. The van der Waals surface area contributed by atoms with Crippen LogP contribution in [0.1, 0.15) is 19.8 Å². The molecule has 1 aliphatic rings. The summed E-state index contributed by atoms with van der Waals surface area (Å²) >= 11 is 0. The Bertz CT molecular complexity index is 283. The van der Waals surface area contributed by atoms with E-state index in [9.17, 15) is 0 Å². The minimum absolute atomic E-state index is 0.377. The Balaban J connectivity index is 2.98. The average molecular weight is 193 g/mol. The van der Waals surface area contributed by atoms with Crippen LogP contribution in [0.5, 0.6) is 0 Å². The molecule has 1 aliphatic heterocycles. The SMILES string of the molecule is C#C[C@](CCC)(OC)C1(C#N)COC1. The molecule has 1 heterocycles. The summed E-state index contributed by atoms with van der Waals surface area (Å²) in [6, 6.07) is 2.25. The van der Waals surface area contributed by atoms with Gasteiger partial charge in [-0.1, -0.05) is 19.3 Å². The molecule has 76 valence electrons. The van der Waals surface area contributed by atoms with E-state index >= 15 is 0 Å². The van der Waals surface area contributed by atoms with Gasteiger partial charge in [-0.05, 0) is 6.42 Å². The molecule has 1 rings (SSSR count). The Labute approximate surface area is 85.0 Å². The van der Waals surface area contributed by atoms with Crippen molar-refractivity contribution < 1.29 is 9.47 Å². The number of hydrogen-bond donors (Lipinski definition) is 0. The summed E-state index contributed by atoms with van der Waals surface area (Å²) in [5.41, 5.74) is -1.43. The molecule has 0 bridgehead atoms. The van der Waals surface area contributed by atoms with Gasteiger partial charge in [0.2, 0.25) is 0 Å². The number of hydrogen-bond acceptors (Lipinski definition) is 3. The molecule has 0 aliphatic carbocycles. The largest absolute Gasteiger partial charge is 0.378 e. The summed E-state index contributed by atoms with van der Waals surface area (Å²) < 4.78 is 10.5. The zero-order valence-corrected chi connectivity index (χ0v) is 8.67. The van der Waals surface area contributed by atoms with Crippen molar-refractivity contribution in [3.05, 3.63) is 0 Å². The molecule has 3 heteroatoms. The van der Waals surface area contributed by atoms with Crippen molar-refractivity contribution in [1.82, 2.24) is 0 Å². The maximum Gasteiger partial charge on any atom is 0.151 e. The molecule has 0 unspecified atom stereocenters. The van der Waals surface area contributed by atoms with Gasteiger partial charge in [-0.3, -0.25) is 0 Å². The first-order valence-electron chi connectivity index (χ1n) is 4.72. The third-order valence-electron chi connectivity index (χ3n) is 2.87. The van der Waals surface area contributed by atoms with E-state index in [1.165, 1.54) is 0 Å². The molecule has 0 aromatic heterocycles. The van der Waals surface area contributed by atoms with Crippen LogP contribution in [0.3, 0.4) is 0 Å². The molecule has 1 saturated heterocycles. The van der Waals surface area contributed by atoms with Gasteiger partial charge >= 0.3 is 0 Å². The zero-order chi connectivity index (χ0) is 10.7. The topological polar surface area (TPSA) is 42.2 Å². The van der Waals surface area contributed by atoms with E-state index in [1.807, 2.05) is 6.92 Å². The van der Waals surface area contributed by atoms with Crippen LogP contribution in [0.15, 0.2) is 0 Å². The molecule has 0 saturated carbocycles. The molecular weight excluding hydrogens is 178 g/mol. The fourth-order valence-electron chi connectivity index (χ4n) is 1.85. The Morgan fingerprint density at radius 2 is 2.29 bits per heavy atom. The predicted octanol–water partition coefficient (Wildman–Crippen LogP) is 1.35. The second-order valence-corrected chi connectivity index (χ2v) is 3.61. The maximum atomic E-state index is 9.16. The van der Waals surface area contributed by atoms with E-state index < -0.39 is 11.0 Å². The summed E-state index contributed by atoms with van der Waals surface area (Å²) in [5.74, 6) is 2.64. The van der Waals surface area contributed by atoms with Crippen LogP contribution in [0.25, 0.3) is 0 Å². The lowest BCUT2D eigenvalue weighted by molar-refractivity contribution is -0.180. The molecule has 0 aromatic rings. The molecule has 0 radical (unpaired) electrons. The van der Waals surface area contributed by atoms with Crippen molar-refractivity contribution in [1.29, 1.82) is 5.26 Å². The predicted molar refractivity (Wildman–Crippen MR) is 52.3 cm³/mol. The molecule has 1 atom stereocenters. The monoisotopic (exact) mass is 193 g/mol. The summed E-state index contributed by atoms with van der Waals surface area (Å²) in [6.07, 6.45) is 7.08. The van der Waals surface area contributed by atoms with Gasteiger partial charge in [-0.25, -0.2) is 0 Å². The van der Waals surface area contributed by atoms with Crippen molar-refractivity contribution in [3.8, 4) is 18.4 Å². The Hall–Kier alpha value is -1.03. The highest BCUT2D eigenvalue weighted by Crippen LogP contribution is 2.43. The number of nitriles is 1. The highest BCUT2D eigenvalue weighted by molar-refractivity contribution is 5.26. The van der Waals surface area contributed by atoms with E-state index in [0.717, 1.165) is 6.42 Å². The van der Waals surface area contributed by atoms with Crippen molar-refractivity contribution in [2.45, 2.75) is 25.4 Å². The van der Waals surface area contributed by atoms with Crippen molar-refractivity contribution in [2.75, 3.05) is 20.3 Å². The molecule has 0 amide bonds. The minimum atomic E-state index is -0.783. The van der Waals surface area contributed by atoms with Gasteiger partial charge in [0.25, 0.3) is 0 Å². The van der Waals surface area contributed by atoms with Gasteiger partial charge in [0, 0.05) is 7.11 Å². The lowest BCUT2D eigenvalue weighted by Gasteiger charge is -2.47. The molecule has 0 aromatic carbocycles. The molecular formula is C11H15NO2. The number of nitrogens with zero attached hydrogens (tertiary/aromatic N) is 1. The van der Waals surface area contributed by atoms with Crippen LogP contribution in [0.4, 0.5) is 0 Å². The summed E-state index contributed by atoms with van der Waals surface area (Å²) in [6.45, 7) is 2.78. The van der Waals surface area contributed by atoms with E-state index in [-0.39, 0.29) is 0 Å². The lowest BCUT2D eigenvalue weighted by atomic mass is 9.69. The highest BCUT2D eigenvalue weighted by atomic mass is 16.5. The summed E-state index contributed by atoms with van der Waals surface area (Å²) in [7, 11) is 1.56. The van der Waals surface area contributed by atoms with E-state index in [4.69, 9.17) is 21.2 Å². The van der Waals surface area contributed by atoms with Crippen LogP contribution >= 0.6 is 0 Å². The number of terminal acetylenes is 1. The van der Waals surface area contributed by atoms with Gasteiger partial charge in [0.05, 0.1) is 19.3 Å². The fraction of sp³-hybridized carbons (Fsp3) is 0.727. The fourth-order valence-corrected chi connectivity index (χ4v) is 1.85. The Kier molecular flexibility index (Phi) is 3.16. The van der Waals surface area contributed by atoms with Crippen molar-refractivity contribution in [3.63, 3.8) is 0 Å². The van der Waals surface area contributed by atoms with Crippen LogP contribution in [0, 0.1) is 29.1 Å². The van der Waals surface area contributed by atoms with Crippen molar-refractivity contribution in [2.24, 2.45) is 5.41 Å². The number of rotatable bonds is 4. The van der Waals surface area contributed by atoms with E-state index in [0.29, 0.717) is 19.6 Å². The molecule has 1 fully saturated rings. The number of ether oxygens (including phenoxy) is 2. The third-order valence-corrected chi connectivity index (χ3v) is 2.87. The first-order valence-corrected chi connectivity index (χ1v) is 4.72. The summed E-state index contributed by atoms with van der Waals surface area (Å²) in [4.78, 5) is 0. The normalized spacial score (nSPS) is 22.6. The van der Waals surface area contributed by atoms with Gasteiger partial charge in [-0.2, -0.15) is 5.26 Å². The van der Waals surface area contributed by atoms with Crippen LogP contribution in [-0.4, -0.2) is 25.9 Å². The average Bonchev–Trinajstić information content (AvgIpc) is 2.15. The van der Waals surface area contributed by atoms with Crippen molar-refractivity contribution >= 4 is 0 Å². The molecule has 0 spiro atoms. The molecule has 0 N–H and O–H groups in total. The van der Waals surface area contributed by atoms with E-state index in [2.05, 4.69) is 12.0 Å². The minimum Gasteiger partial charge on any atom is -0.378 e. The number of methoxy groups -OCH3 is 1. The first-order chi connectivity index (χ1) is 6.70. The van der Waals surface area contributed by atoms with Gasteiger partial charge in [0.1, 0.15) is 5.41 Å². The third kappa shape index (κ3) is 1.30. The first kappa shape index (κ1) is 11.0. The Morgan fingerprint density at radius 1 is 1.64 bits per heavy atom. The highest BCUT2D eigenvalue weighted by Gasteiger charge is 2.56. The Morgan fingerprint density at radius 3 is 2.50 bits per heavy atom. The van der Waals surface area contributed by atoms with Crippen LogP contribution in [-0.2, 0) is 9.47 Å². The zero-order valence-electron chi connectivity index (χ0n) is 8.67. The maximum absolute atomic E-state index is 9.16.